The zero-order valence-electron chi connectivity index (χ0n) is 11.8. The minimum atomic E-state index is 0.752. The van der Waals surface area contributed by atoms with Crippen molar-refractivity contribution in [2.24, 2.45) is 11.8 Å². The standard InChI is InChI=1S/C17H24BrN/c1-13-6-2-3-7-14(13)10-19-11-15-8-4-5-9-17(18)16(15)12-19/h2-3,6-7,15-17H,4-5,8-12H2,1H3. The van der Waals surface area contributed by atoms with Gasteiger partial charge in [0.05, 0.1) is 0 Å². The lowest BCUT2D eigenvalue weighted by molar-refractivity contribution is 0.307. The molecule has 0 aromatic heterocycles. The zero-order valence-corrected chi connectivity index (χ0v) is 13.4. The van der Waals surface area contributed by atoms with Gasteiger partial charge in [-0.15, -0.1) is 0 Å². The average molecular weight is 322 g/mol. The highest BCUT2D eigenvalue weighted by molar-refractivity contribution is 9.09. The molecule has 0 amide bonds. The number of hydrogen-bond acceptors (Lipinski definition) is 1. The Morgan fingerprint density at radius 1 is 1.16 bits per heavy atom. The highest BCUT2D eigenvalue weighted by Gasteiger charge is 2.37. The molecule has 1 aromatic rings. The molecule has 2 heteroatoms. The van der Waals surface area contributed by atoms with Gasteiger partial charge in [0.2, 0.25) is 0 Å². The number of aryl methyl sites for hydroxylation is 1. The van der Waals surface area contributed by atoms with Gasteiger partial charge in [-0.05, 0) is 42.7 Å². The summed E-state index contributed by atoms with van der Waals surface area (Å²) < 4.78 is 0. The van der Waals surface area contributed by atoms with Crippen molar-refractivity contribution in [2.75, 3.05) is 13.1 Å². The van der Waals surface area contributed by atoms with Gasteiger partial charge in [0.15, 0.2) is 0 Å². The maximum absolute atomic E-state index is 3.95. The van der Waals surface area contributed by atoms with Crippen molar-refractivity contribution in [3.63, 3.8) is 0 Å². The summed E-state index contributed by atoms with van der Waals surface area (Å²) in [6.07, 6.45) is 5.67. The first-order chi connectivity index (χ1) is 9.24. The maximum atomic E-state index is 3.95. The lowest BCUT2D eigenvalue weighted by atomic mass is 9.92. The molecule has 1 aromatic carbocycles. The molecule has 1 aliphatic carbocycles. The van der Waals surface area contributed by atoms with E-state index >= 15 is 0 Å². The summed E-state index contributed by atoms with van der Waals surface area (Å²) in [5, 5.41) is 0. The second-order valence-electron chi connectivity index (χ2n) is 6.34. The topological polar surface area (TPSA) is 3.24 Å². The van der Waals surface area contributed by atoms with Gasteiger partial charge in [-0.25, -0.2) is 0 Å². The molecular formula is C17H24BrN. The summed E-state index contributed by atoms with van der Waals surface area (Å²) in [5.41, 5.74) is 2.94. The fraction of sp³-hybridized carbons (Fsp3) is 0.647. The molecule has 0 N–H and O–H groups in total. The molecule has 2 fully saturated rings. The van der Waals surface area contributed by atoms with Crippen LogP contribution in [0.25, 0.3) is 0 Å². The van der Waals surface area contributed by atoms with E-state index in [4.69, 9.17) is 0 Å². The van der Waals surface area contributed by atoms with Gasteiger partial charge in [0.1, 0.15) is 0 Å². The lowest BCUT2D eigenvalue weighted by Gasteiger charge is -2.20. The Balaban J connectivity index is 1.67. The predicted molar refractivity (Wildman–Crippen MR) is 84.6 cm³/mol. The molecular weight excluding hydrogens is 298 g/mol. The molecule has 0 spiro atoms. The fourth-order valence-corrected chi connectivity index (χ4v) is 4.74. The van der Waals surface area contributed by atoms with E-state index in [0.717, 1.165) is 23.2 Å². The molecule has 104 valence electrons. The highest BCUT2D eigenvalue weighted by Crippen LogP contribution is 2.39. The second-order valence-corrected chi connectivity index (χ2v) is 7.52. The van der Waals surface area contributed by atoms with Crippen LogP contribution in [-0.4, -0.2) is 22.8 Å². The number of rotatable bonds is 2. The van der Waals surface area contributed by atoms with Crippen molar-refractivity contribution < 1.29 is 0 Å². The van der Waals surface area contributed by atoms with Crippen LogP contribution in [0.4, 0.5) is 0 Å². The Hall–Kier alpha value is -0.340. The van der Waals surface area contributed by atoms with Crippen LogP contribution < -0.4 is 0 Å². The van der Waals surface area contributed by atoms with E-state index in [2.05, 4.69) is 52.0 Å². The van der Waals surface area contributed by atoms with E-state index in [-0.39, 0.29) is 0 Å². The molecule has 3 rings (SSSR count). The van der Waals surface area contributed by atoms with Crippen LogP contribution in [0.1, 0.15) is 36.8 Å². The van der Waals surface area contributed by atoms with Crippen LogP contribution in [0.2, 0.25) is 0 Å². The van der Waals surface area contributed by atoms with Crippen LogP contribution in [0, 0.1) is 18.8 Å². The van der Waals surface area contributed by atoms with Gasteiger partial charge < -0.3 is 0 Å². The molecule has 1 heterocycles. The normalized spacial score (nSPS) is 32.0. The minimum absolute atomic E-state index is 0.752. The molecule has 1 saturated heterocycles. The Labute approximate surface area is 125 Å². The molecule has 1 aliphatic heterocycles. The third-order valence-electron chi connectivity index (χ3n) is 4.99. The van der Waals surface area contributed by atoms with Gasteiger partial charge in [0.25, 0.3) is 0 Å². The Kier molecular flexibility index (Phi) is 4.28. The first kappa shape index (κ1) is 13.6. The SMILES string of the molecule is Cc1ccccc1CN1CC2CCCCC(Br)C2C1. The second kappa shape index (κ2) is 5.97. The number of hydrogen-bond donors (Lipinski definition) is 0. The number of nitrogens with zero attached hydrogens (tertiary/aromatic N) is 1. The van der Waals surface area contributed by atoms with E-state index in [1.807, 2.05) is 0 Å². The number of likely N-dealkylation sites (tertiary alicyclic amines) is 1. The summed E-state index contributed by atoms with van der Waals surface area (Å²) in [5.74, 6) is 1.81. The zero-order chi connectivity index (χ0) is 13.2. The van der Waals surface area contributed by atoms with Crippen molar-refractivity contribution in [2.45, 2.75) is 44.0 Å². The van der Waals surface area contributed by atoms with Crippen LogP contribution in [0.5, 0.6) is 0 Å². The minimum Gasteiger partial charge on any atom is -0.298 e. The molecule has 3 unspecified atom stereocenters. The van der Waals surface area contributed by atoms with Crippen LogP contribution in [-0.2, 0) is 6.54 Å². The van der Waals surface area contributed by atoms with Gasteiger partial charge in [-0.1, -0.05) is 53.0 Å². The van der Waals surface area contributed by atoms with Crippen LogP contribution in [0.15, 0.2) is 24.3 Å². The first-order valence-electron chi connectivity index (χ1n) is 7.65. The molecule has 1 saturated carbocycles. The van der Waals surface area contributed by atoms with Gasteiger partial charge in [-0.2, -0.15) is 0 Å². The Morgan fingerprint density at radius 2 is 1.95 bits per heavy atom. The van der Waals surface area contributed by atoms with Gasteiger partial charge in [0, 0.05) is 24.5 Å². The van der Waals surface area contributed by atoms with Crippen molar-refractivity contribution in [1.29, 1.82) is 0 Å². The van der Waals surface area contributed by atoms with Crippen molar-refractivity contribution in [1.82, 2.24) is 4.90 Å². The predicted octanol–water partition coefficient (Wildman–Crippen LogP) is 4.38. The molecule has 19 heavy (non-hydrogen) atoms. The van der Waals surface area contributed by atoms with Crippen LogP contribution in [0.3, 0.4) is 0 Å². The van der Waals surface area contributed by atoms with Crippen molar-refractivity contribution >= 4 is 15.9 Å². The van der Waals surface area contributed by atoms with Crippen LogP contribution >= 0.6 is 15.9 Å². The van der Waals surface area contributed by atoms with Crippen molar-refractivity contribution in [3.05, 3.63) is 35.4 Å². The van der Waals surface area contributed by atoms with E-state index in [9.17, 15) is 0 Å². The largest absolute Gasteiger partial charge is 0.298 e. The molecule has 0 radical (unpaired) electrons. The highest BCUT2D eigenvalue weighted by atomic mass is 79.9. The maximum Gasteiger partial charge on any atom is 0.0236 e. The smallest absolute Gasteiger partial charge is 0.0236 e. The quantitative estimate of drug-likeness (QED) is 0.730. The molecule has 2 aliphatic rings. The number of benzene rings is 1. The van der Waals surface area contributed by atoms with E-state index in [0.29, 0.717) is 0 Å². The number of alkyl halides is 1. The Morgan fingerprint density at radius 3 is 2.79 bits per heavy atom. The Bertz CT molecular complexity index is 431. The van der Waals surface area contributed by atoms with Gasteiger partial charge in [-0.3, -0.25) is 4.90 Å². The first-order valence-corrected chi connectivity index (χ1v) is 8.56. The van der Waals surface area contributed by atoms with E-state index in [1.165, 1.54) is 49.9 Å². The van der Waals surface area contributed by atoms with E-state index < -0.39 is 0 Å². The van der Waals surface area contributed by atoms with Gasteiger partial charge >= 0.3 is 0 Å². The summed E-state index contributed by atoms with van der Waals surface area (Å²) in [6, 6.07) is 8.83. The fourth-order valence-electron chi connectivity index (χ4n) is 3.82. The summed E-state index contributed by atoms with van der Waals surface area (Å²) in [4.78, 5) is 3.43. The number of fused-ring (bicyclic) bond motifs is 1. The number of halogens is 1. The third-order valence-corrected chi connectivity index (χ3v) is 6.13. The van der Waals surface area contributed by atoms with E-state index in [1.54, 1.807) is 0 Å². The molecule has 0 bridgehead atoms. The summed E-state index contributed by atoms with van der Waals surface area (Å²) in [6.45, 7) is 5.96. The van der Waals surface area contributed by atoms with Crippen molar-refractivity contribution in [3.8, 4) is 0 Å². The third kappa shape index (κ3) is 3.05. The monoisotopic (exact) mass is 321 g/mol. The molecule has 1 nitrogen and oxygen atoms in total. The summed E-state index contributed by atoms with van der Waals surface area (Å²) in [7, 11) is 0. The molecule has 3 atom stereocenters. The summed E-state index contributed by atoms with van der Waals surface area (Å²) >= 11 is 3.95. The average Bonchev–Trinajstić information content (AvgIpc) is 2.73. The lowest BCUT2D eigenvalue weighted by Crippen LogP contribution is -2.23.